The maximum atomic E-state index is 10.9. The Hall–Kier alpha value is -0.910. The van der Waals surface area contributed by atoms with Crippen molar-refractivity contribution in [2.24, 2.45) is 11.8 Å². The molecule has 106 valence electrons. The highest BCUT2D eigenvalue weighted by Crippen LogP contribution is 2.30. The van der Waals surface area contributed by atoms with Gasteiger partial charge in [0.25, 0.3) is 0 Å². The van der Waals surface area contributed by atoms with Crippen molar-refractivity contribution in [3.8, 4) is 0 Å². The van der Waals surface area contributed by atoms with E-state index < -0.39 is 5.97 Å². The summed E-state index contributed by atoms with van der Waals surface area (Å²) >= 11 is 1.33. The molecule has 1 saturated carbocycles. The van der Waals surface area contributed by atoms with Gasteiger partial charge in [0.15, 0.2) is 0 Å². The number of rotatable bonds is 6. The van der Waals surface area contributed by atoms with Gasteiger partial charge >= 0.3 is 5.97 Å². The number of aryl methyl sites for hydroxylation is 1. The van der Waals surface area contributed by atoms with Crippen LogP contribution in [0.25, 0.3) is 0 Å². The first-order valence-electron chi connectivity index (χ1n) is 6.76. The molecule has 0 amide bonds. The Morgan fingerprint density at radius 1 is 1.47 bits per heavy atom. The summed E-state index contributed by atoms with van der Waals surface area (Å²) in [5.41, 5.74) is 1.07. The molecular weight excluding hydrogens is 262 g/mol. The Morgan fingerprint density at radius 2 is 2.21 bits per heavy atom. The van der Waals surface area contributed by atoms with Crippen LogP contribution in [-0.4, -0.2) is 29.3 Å². The van der Waals surface area contributed by atoms with Crippen LogP contribution in [-0.2, 0) is 6.54 Å². The van der Waals surface area contributed by atoms with Crippen LogP contribution in [0.4, 0.5) is 0 Å². The van der Waals surface area contributed by atoms with Gasteiger partial charge < -0.3 is 15.5 Å². The number of hydrogen-bond acceptors (Lipinski definition) is 4. The van der Waals surface area contributed by atoms with Crippen molar-refractivity contribution in [2.45, 2.75) is 32.7 Å². The lowest BCUT2D eigenvalue weighted by Crippen LogP contribution is -2.26. The molecule has 0 aromatic carbocycles. The van der Waals surface area contributed by atoms with E-state index >= 15 is 0 Å². The van der Waals surface area contributed by atoms with Gasteiger partial charge in [-0.25, -0.2) is 4.79 Å². The van der Waals surface area contributed by atoms with Crippen LogP contribution in [0.2, 0.25) is 0 Å². The quantitative estimate of drug-likeness (QED) is 0.749. The van der Waals surface area contributed by atoms with Gasteiger partial charge in [-0.2, -0.15) is 0 Å². The minimum atomic E-state index is -0.851. The van der Waals surface area contributed by atoms with Crippen LogP contribution in [0.3, 0.4) is 0 Å². The van der Waals surface area contributed by atoms with E-state index in [1.807, 2.05) is 6.92 Å². The largest absolute Gasteiger partial charge is 0.477 e. The molecule has 1 aromatic heterocycles. The molecule has 3 N–H and O–H groups in total. The van der Waals surface area contributed by atoms with E-state index in [9.17, 15) is 9.90 Å². The molecule has 2 unspecified atom stereocenters. The van der Waals surface area contributed by atoms with Crippen LogP contribution < -0.4 is 5.32 Å². The van der Waals surface area contributed by atoms with Crippen LogP contribution in [0.5, 0.6) is 0 Å². The number of aliphatic hydroxyl groups is 1. The lowest BCUT2D eigenvalue weighted by molar-refractivity contribution is 0.0702. The van der Waals surface area contributed by atoms with E-state index in [0.717, 1.165) is 23.4 Å². The molecule has 0 radical (unpaired) electrons. The van der Waals surface area contributed by atoms with Gasteiger partial charge in [-0.05, 0) is 49.8 Å². The number of carboxylic acids is 1. The highest BCUT2D eigenvalue weighted by atomic mass is 32.1. The van der Waals surface area contributed by atoms with Crippen LogP contribution >= 0.6 is 11.3 Å². The van der Waals surface area contributed by atoms with E-state index in [1.54, 1.807) is 6.07 Å². The lowest BCUT2D eigenvalue weighted by atomic mass is 9.97. The summed E-state index contributed by atoms with van der Waals surface area (Å²) in [6.07, 6.45) is 3.52. The first-order chi connectivity index (χ1) is 9.11. The lowest BCUT2D eigenvalue weighted by Gasteiger charge is -2.17. The van der Waals surface area contributed by atoms with E-state index in [4.69, 9.17) is 5.11 Å². The fourth-order valence-corrected chi connectivity index (χ4v) is 3.70. The van der Waals surface area contributed by atoms with Crippen molar-refractivity contribution >= 4 is 17.3 Å². The van der Waals surface area contributed by atoms with Crippen LogP contribution in [0, 0.1) is 18.8 Å². The molecular formula is C14H21NO3S. The molecule has 0 spiro atoms. The number of aromatic carboxylic acids is 1. The molecule has 1 aliphatic rings. The van der Waals surface area contributed by atoms with E-state index in [1.165, 1.54) is 24.2 Å². The van der Waals surface area contributed by atoms with E-state index in [2.05, 4.69) is 5.32 Å². The first-order valence-corrected chi connectivity index (χ1v) is 7.57. The summed E-state index contributed by atoms with van der Waals surface area (Å²) in [5, 5.41) is 21.6. The van der Waals surface area contributed by atoms with Crippen molar-refractivity contribution in [1.29, 1.82) is 0 Å². The second kappa shape index (κ2) is 6.50. The molecule has 19 heavy (non-hydrogen) atoms. The molecule has 0 aliphatic heterocycles. The molecule has 2 rings (SSSR count). The number of hydrogen-bond donors (Lipinski definition) is 3. The van der Waals surface area contributed by atoms with E-state index in [0.29, 0.717) is 23.3 Å². The zero-order valence-electron chi connectivity index (χ0n) is 11.2. The highest BCUT2D eigenvalue weighted by Gasteiger charge is 2.26. The zero-order valence-corrected chi connectivity index (χ0v) is 12.0. The highest BCUT2D eigenvalue weighted by molar-refractivity contribution is 7.14. The van der Waals surface area contributed by atoms with E-state index in [-0.39, 0.29) is 6.61 Å². The summed E-state index contributed by atoms with van der Waals surface area (Å²) in [6.45, 7) is 3.86. The average Bonchev–Trinajstić information content (AvgIpc) is 2.96. The Balaban J connectivity index is 1.84. The van der Waals surface area contributed by atoms with Gasteiger partial charge in [0.2, 0.25) is 0 Å². The van der Waals surface area contributed by atoms with Crippen molar-refractivity contribution in [3.63, 3.8) is 0 Å². The second-order valence-corrected chi connectivity index (χ2v) is 6.52. The Bertz CT molecular complexity index is 444. The molecule has 1 aliphatic carbocycles. The third kappa shape index (κ3) is 3.55. The van der Waals surface area contributed by atoms with Gasteiger partial charge in [0.05, 0.1) is 0 Å². The standard InChI is InChI=1S/C14H21NO3S/c1-9-12(5-13(19-9)14(17)18)7-15-6-10-3-2-4-11(10)8-16/h5,10-11,15-16H,2-4,6-8H2,1H3,(H,17,18). The number of thiophene rings is 1. The molecule has 1 fully saturated rings. The fourth-order valence-electron chi connectivity index (χ4n) is 2.82. The van der Waals surface area contributed by atoms with Gasteiger partial charge in [0, 0.05) is 18.0 Å². The summed E-state index contributed by atoms with van der Waals surface area (Å²) < 4.78 is 0. The number of aliphatic hydroxyl groups excluding tert-OH is 1. The fraction of sp³-hybridized carbons (Fsp3) is 0.643. The normalized spacial score (nSPS) is 22.8. The summed E-state index contributed by atoms with van der Waals surface area (Å²) in [7, 11) is 0. The molecule has 4 nitrogen and oxygen atoms in total. The van der Waals surface area contributed by atoms with Gasteiger partial charge in [0.1, 0.15) is 4.88 Å². The number of carbonyl (C=O) groups is 1. The van der Waals surface area contributed by atoms with Crippen LogP contribution in [0.15, 0.2) is 6.07 Å². The third-order valence-electron chi connectivity index (χ3n) is 4.00. The molecule has 0 saturated heterocycles. The van der Waals surface area contributed by atoms with Gasteiger partial charge in [-0.15, -0.1) is 11.3 Å². The smallest absolute Gasteiger partial charge is 0.345 e. The maximum Gasteiger partial charge on any atom is 0.345 e. The predicted molar refractivity (Wildman–Crippen MR) is 75.6 cm³/mol. The Kier molecular flexibility index (Phi) is 4.96. The Morgan fingerprint density at radius 3 is 2.84 bits per heavy atom. The second-order valence-electron chi connectivity index (χ2n) is 5.26. The number of nitrogens with one attached hydrogen (secondary N) is 1. The zero-order chi connectivity index (χ0) is 13.8. The monoisotopic (exact) mass is 283 g/mol. The SMILES string of the molecule is Cc1sc(C(=O)O)cc1CNCC1CCCC1CO. The minimum absolute atomic E-state index is 0.285. The maximum absolute atomic E-state index is 10.9. The predicted octanol–water partition coefficient (Wildman–Crippen LogP) is 2.25. The summed E-state index contributed by atoms with van der Waals surface area (Å²) in [5.74, 6) is 0.143. The Labute approximate surface area is 117 Å². The van der Waals surface area contributed by atoms with Gasteiger partial charge in [-0.3, -0.25) is 0 Å². The van der Waals surface area contributed by atoms with Crippen molar-refractivity contribution in [1.82, 2.24) is 5.32 Å². The van der Waals surface area contributed by atoms with Gasteiger partial charge in [-0.1, -0.05) is 6.42 Å². The molecule has 5 heteroatoms. The summed E-state index contributed by atoms with van der Waals surface area (Å²) in [4.78, 5) is 12.4. The number of carboxylic acid groups (broad SMARTS) is 1. The minimum Gasteiger partial charge on any atom is -0.477 e. The van der Waals surface area contributed by atoms with Crippen molar-refractivity contribution in [3.05, 3.63) is 21.4 Å². The average molecular weight is 283 g/mol. The topological polar surface area (TPSA) is 69.6 Å². The molecule has 0 bridgehead atoms. The molecule has 2 atom stereocenters. The molecule has 1 aromatic rings. The van der Waals surface area contributed by atoms with Crippen molar-refractivity contribution < 1.29 is 15.0 Å². The summed E-state index contributed by atoms with van der Waals surface area (Å²) in [6, 6.07) is 1.76. The van der Waals surface area contributed by atoms with Crippen LogP contribution in [0.1, 0.15) is 39.4 Å². The first kappa shape index (κ1) is 14.5. The molecule has 1 heterocycles. The van der Waals surface area contributed by atoms with Crippen molar-refractivity contribution in [2.75, 3.05) is 13.2 Å². The third-order valence-corrected chi connectivity index (χ3v) is 5.09.